The number of rotatable bonds is 15. The van der Waals surface area contributed by atoms with Gasteiger partial charge in [-0.05, 0) is 18.6 Å². The minimum Gasteiger partial charge on any atom is -0.476 e. The SMILES string of the molecule is CCCCCCCCCCCCOC(C)(Oc1ccccc1)C(=O)O. The molecule has 1 atom stereocenters. The molecule has 1 N–H and O–H groups in total. The molecule has 1 rings (SSSR count). The van der Waals surface area contributed by atoms with Crippen molar-refractivity contribution >= 4 is 5.97 Å². The molecule has 0 aliphatic heterocycles. The molecule has 0 aromatic heterocycles. The zero-order chi connectivity index (χ0) is 18.4. The van der Waals surface area contributed by atoms with E-state index in [0.717, 1.165) is 12.8 Å². The summed E-state index contributed by atoms with van der Waals surface area (Å²) in [6.07, 6.45) is 12.3. The Balaban J connectivity index is 2.14. The molecule has 0 saturated carbocycles. The van der Waals surface area contributed by atoms with Crippen molar-refractivity contribution in [1.29, 1.82) is 0 Å². The lowest BCUT2D eigenvalue weighted by atomic mass is 10.1. The van der Waals surface area contributed by atoms with E-state index in [1.165, 1.54) is 58.3 Å². The summed E-state index contributed by atoms with van der Waals surface area (Å²) >= 11 is 0. The minimum absolute atomic E-state index is 0.395. The number of benzene rings is 1. The Bertz CT molecular complexity index is 460. The lowest BCUT2D eigenvalue weighted by molar-refractivity contribution is -0.205. The van der Waals surface area contributed by atoms with E-state index in [4.69, 9.17) is 9.47 Å². The van der Waals surface area contributed by atoms with Gasteiger partial charge in [0.1, 0.15) is 5.75 Å². The van der Waals surface area contributed by atoms with E-state index in [0.29, 0.717) is 12.4 Å². The molecule has 25 heavy (non-hydrogen) atoms. The highest BCUT2D eigenvalue weighted by Crippen LogP contribution is 2.20. The number of carboxylic acid groups (broad SMARTS) is 1. The Morgan fingerprint density at radius 3 is 1.96 bits per heavy atom. The van der Waals surface area contributed by atoms with Crippen LogP contribution in [0.3, 0.4) is 0 Å². The van der Waals surface area contributed by atoms with Crippen LogP contribution >= 0.6 is 0 Å². The fourth-order valence-electron chi connectivity index (χ4n) is 2.70. The van der Waals surface area contributed by atoms with E-state index in [-0.39, 0.29) is 0 Å². The predicted molar refractivity (Wildman–Crippen MR) is 101 cm³/mol. The van der Waals surface area contributed by atoms with Gasteiger partial charge in [-0.15, -0.1) is 0 Å². The van der Waals surface area contributed by atoms with Crippen molar-refractivity contribution in [2.24, 2.45) is 0 Å². The molecule has 0 aliphatic carbocycles. The third-order valence-corrected chi connectivity index (χ3v) is 4.32. The predicted octanol–water partition coefficient (Wildman–Crippen LogP) is 5.80. The summed E-state index contributed by atoms with van der Waals surface area (Å²) in [5, 5.41) is 9.41. The van der Waals surface area contributed by atoms with Gasteiger partial charge in [-0.2, -0.15) is 0 Å². The normalized spacial score (nSPS) is 13.4. The highest BCUT2D eigenvalue weighted by Gasteiger charge is 2.36. The average molecular weight is 350 g/mol. The van der Waals surface area contributed by atoms with Crippen LogP contribution in [-0.2, 0) is 9.53 Å². The van der Waals surface area contributed by atoms with Crippen LogP contribution in [0.5, 0.6) is 5.75 Å². The molecule has 1 unspecified atom stereocenters. The number of hydrogen-bond acceptors (Lipinski definition) is 3. The van der Waals surface area contributed by atoms with E-state index in [1.807, 2.05) is 6.07 Å². The number of unbranched alkanes of at least 4 members (excludes halogenated alkanes) is 9. The second-order valence-electron chi connectivity index (χ2n) is 6.70. The minimum atomic E-state index is -1.64. The first-order valence-electron chi connectivity index (χ1n) is 9.70. The molecule has 0 amide bonds. The van der Waals surface area contributed by atoms with Crippen LogP contribution in [0.4, 0.5) is 0 Å². The summed E-state index contributed by atoms with van der Waals surface area (Å²) in [7, 11) is 0. The van der Waals surface area contributed by atoms with Crippen LogP contribution in [0.2, 0.25) is 0 Å². The van der Waals surface area contributed by atoms with E-state index in [9.17, 15) is 9.90 Å². The van der Waals surface area contributed by atoms with Gasteiger partial charge in [0.05, 0.1) is 6.61 Å². The highest BCUT2D eigenvalue weighted by molar-refractivity contribution is 5.75. The Hall–Kier alpha value is -1.55. The molecule has 0 aliphatic rings. The van der Waals surface area contributed by atoms with Gasteiger partial charge >= 0.3 is 11.8 Å². The molecule has 0 bridgehead atoms. The number of aliphatic carboxylic acids is 1. The van der Waals surface area contributed by atoms with Gasteiger partial charge in [-0.25, -0.2) is 4.79 Å². The van der Waals surface area contributed by atoms with Crippen molar-refractivity contribution < 1.29 is 19.4 Å². The third kappa shape index (κ3) is 9.49. The van der Waals surface area contributed by atoms with Crippen LogP contribution in [0, 0.1) is 0 Å². The first-order valence-corrected chi connectivity index (χ1v) is 9.70. The number of carboxylic acids is 1. The maximum absolute atomic E-state index is 11.5. The van der Waals surface area contributed by atoms with Gasteiger partial charge in [-0.3, -0.25) is 0 Å². The van der Waals surface area contributed by atoms with E-state index >= 15 is 0 Å². The lowest BCUT2D eigenvalue weighted by Gasteiger charge is -2.26. The molecule has 142 valence electrons. The number of hydrogen-bond donors (Lipinski definition) is 1. The van der Waals surface area contributed by atoms with Crippen molar-refractivity contribution in [3.63, 3.8) is 0 Å². The molecule has 0 heterocycles. The molecule has 0 spiro atoms. The van der Waals surface area contributed by atoms with Gasteiger partial charge in [0.25, 0.3) is 0 Å². The molecule has 4 nitrogen and oxygen atoms in total. The fraction of sp³-hybridized carbons (Fsp3) is 0.667. The zero-order valence-electron chi connectivity index (χ0n) is 15.8. The first-order chi connectivity index (χ1) is 12.1. The van der Waals surface area contributed by atoms with Gasteiger partial charge < -0.3 is 14.6 Å². The largest absolute Gasteiger partial charge is 0.476 e. The Morgan fingerprint density at radius 2 is 1.44 bits per heavy atom. The smallest absolute Gasteiger partial charge is 0.376 e. The quantitative estimate of drug-likeness (QED) is 0.321. The van der Waals surface area contributed by atoms with E-state index < -0.39 is 11.8 Å². The maximum atomic E-state index is 11.5. The van der Waals surface area contributed by atoms with Crippen LogP contribution in [-0.4, -0.2) is 23.5 Å². The summed E-state index contributed by atoms with van der Waals surface area (Å²) in [5.74, 6) is -2.25. The van der Waals surface area contributed by atoms with Crippen molar-refractivity contribution in [3.05, 3.63) is 30.3 Å². The summed E-state index contributed by atoms with van der Waals surface area (Å²) in [4.78, 5) is 11.5. The average Bonchev–Trinajstić information content (AvgIpc) is 2.60. The van der Waals surface area contributed by atoms with E-state index in [1.54, 1.807) is 24.3 Å². The Kier molecular flexibility index (Phi) is 11.0. The van der Waals surface area contributed by atoms with Crippen LogP contribution in [0.1, 0.15) is 78.1 Å². The molecule has 0 saturated heterocycles. The molecule has 4 heteroatoms. The van der Waals surface area contributed by atoms with Gasteiger partial charge in [-0.1, -0.05) is 82.9 Å². The van der Waals surface area contributed by atoms with Crippen LogP contribution in [0.15, 0.2) is 30.3 Å². The summed E-state index contributed by atoms with van der Waals surface area (Å²) in [5.41, 5.74) is 0. The Labute approximate surface area is 152 Å². The molecule has 0 radical (unpaired) electrons. The molecular formula is C21H34O4. The molecule has 1 aromatic rings. The van der Waals surface area contributed by atoms with Gasteiger partial charge in [0, 0.05) is 6.92 Å². The topological polar surface area (TPSA) is 55.8 Å². The Morgan fingerprint density at radius 1 is 0.920 bits per heavy atom. The number of ether oxygens (including phenoxy) is 2. The second-order valence-corrected chi connectivity index (χ2v) is 6.70. The van der Waals surface area contributed by atoms with Gasteiger partial charge in [0.15, 0.2) is 0 Å². The van der Waals surface area contributed by atoms with Crippen LogP contribution < -0.4 is 4.74 Å². The number of para-hydroxylation sites is 1. The summed E-state index contributed by atoms with van der Waals surface area (Å²) in [6.45, 7) is 4.09. The lowest BCUT2D eigenvalue weighted by Crippen LogP contribution is -2.44. The van der Waals surface area contributed by atoms with E-state index in [2.05, 4.69) is 6.92 Å². The molecular weight excluding hydrogens is 316 g/mol. The maximum Gasteiger partial charge on any atom is 0.376 e. The standard InChI is InChI=1S/C21H34O4/c1-3-4-5-6-7-8-9-10-11-15-18-24-21(2,20(22)23)25-19-16-13-12-14-17-19/h12-14,16-17H,3-11,15,18H2,1-2H3,(H,22,23). The molecule has 0 fully saturated rings. The summed E-state index contributed by atoms with van der Waals surface area (Å²) in [6, 6.07) is 8.92. The third-order valence-electron chi connectivity index (χ3n) is 4.32. The van der Waals surface area contributed by atoms with Crippen molar-refractivity contribution in [2.45, 2.75) is 83.8 Å². The van der Waals surface area contributed by atoms with Gasteiger partial charge in [0.2, 0.25) is 0 Å². The summed E-state index contributed by atoms with van der Waals surface area (Å²) < 4.78 is 11.1. The van der Waals surface area contributed by atoms with Crippen molar-refractivity contribution in [3.8, 4) is 5.75 Å². The molecule has 1 aromatic carbocycles. The second kappa shape index (κ2) is 12.8. The first kappa shape index (κ1) is 21.5. The number of carbonyl (C=O) groups is 1. The van der Waals surface area contributed by atoms with Crippen LogP contribution in [0.25, 0.3) is 0 Å². The fourth-order valence-corrected chi connectivity index (χ4v) is 2.70. The van der Waals surface area contributed by atoms with Crippen molar-refractivity contribution in [2.75, 3.05) is 6.61 Å². The zero-order valence-corrected chi connectivity index (χ0v) is 15.8. The monoisotopic (exact) mass is 350 g/mol. The van der Waals surface area contributed by atoms with Crippen molar-refractivity contribution in [1.82, 2.24) is 0 Å². The highest BCUT2D eigenvalue weighted by atomic mass is 16.7.